The molecular weight excluding hydrogens is 495 g/mol. The molecule has 208 valence electrons. The lowest BCUT2D eigenvalue weighted by molar-refractivity contribution is -0.137. The predicted molar refractivity (Wildman–Crippen MR) is 151 cm³/mol. The molecule has 1 aliphatic carbocycles. The SMILES string of the molecule is CCC(C)(C)[C@@H](OC)c1cc(COc2cccc([C@H](CC(=O)O)C3CC3)c2)ccc1-c1cc(OC)ccc1F. The van der Waals surface area contributed by atoms with Gasteiger partial charge in [-0.05, 0) is 95.2 Å². The summed E-state index contributed by atoms with van der Waals surface area (Å²) in [6.07, 6.45) is 2.87. The van der Waals surface area contributed by atoms with Gasteiger partial charge in [0.15, 0.2) is 0 Å². The zero-order valence-corrected chi connectivity index (χ0v) is 23.5. The van der Waals surface area contributed by atoms with Crippen molar-refractivity contribution in [3.63, 3.8) is 0 Å². The van der Waals surface area contributed by atoms with Gasteiger partial charge in [-0.15, -0.1) is 0 Å². The van der Waals surface area contributed by atoms with Crippen molar-refractivity contribution in [2.24, 2.45) is 11.3 Å². The number of hydrogen-bond donors (Lipinski definition) is 1. The summed E-state index contributed by atoms with van der Waals surface area (Å²) in [5.41, 5.74) is 3.84. The molecule has 2 atom stereocenters. The lowest BCUT2D eigenvalue weighted by Crippen LogP contribution is -2.24. The first-order valence-corrected chi connectivity index (χ1v) is 13.6. The fraction of sp³-hybridized carbons (Fsp3) is 0.424. The summed E-state index contributed by atoms with van der Waals surface area (Å²) in [5, 5.41) is 9.39. The van der Waals surface area contributed by atoms with Gasteiger partial charge in [-0.1, -0.05) is 45.0 Å². The molecule has 5 nitrogen and oxygen atoms in total. The Hall–Kier alpha value is -3.38. The van der Waals surface area contributed by atoms with Crippen LogP contribution in [0.3, 0.4) is 0 Å². The molecular formula is C33H39FO5. The first kappa shape index (κ1) is 28.6. The topological polar surface area (TPSA) is 65.0 Å². The van der Waals surface area contributed by atoms with E-state index in [2.05, 4.69) is 20.8 Å². The standard InChI is InChI=1S/C33H39FO5/c1-6-33(2,3)32(38-5)29-16-21(10-14-26(29)28-18-24(37-4)13-15-30(28)34)20-39-25-9-7-8-23(17-25)27(19-31(35)36)22-11-12-22/h7-10,13-18,22,27,32H,6,11-12,19-20H2,1-5H3,(H,35,36)/t27-,32+/m1/s1. The predicted octanol–water partition coefficient (Wildman–Crippen LogP) is 8.17. The molecule has 3 aromatic carbocycles. The molecule has 0 spiro atoms. The quantitative estimate of drug-likeness (QED) is 0.240. The third-order valence-electron chi connectivity index (χ3n) is 8.00. The van der Waals surface area contributed by atoms with Crippen molar-refractivity contribution in [3.8, 4) is 22.6 Å². The van der Waals surface area contributed by atoms with Gasteiger partial charge in [0.2, 0.25) is 0 Å². The Labute approximate surface area is 230 Å². The number of benzene rings is 3. The molecule has 1 N–H and O–H groups in total. The van der Waals surface area contributed by atoms with Crippen LogP contribution >= 0.6 is 0 Å². The highest BCUT2D eigenvalue weighted by molar-refractivity contribution is 5.71. The summed E-state index contributed by atoms with van der Waals surface area (Å²) in [4.78, 5) is 11.4. The Morgan fingerprint density at radius 2 is 1.79 bits per heavy atom. The highest BCUT2D eigenvalue weighted by atomic mass is 19.1. The van der Waals surface area contributed by atoms with E-state index >= 15 is 4.39 Å². The van der Waals surface area contributed by atoms with Gasteiger partial charge in [-0.2, -0.15) is 0 Å². The number of carboxylic acid groups (broad SMARTS) is 1. The van der Waals surface area contributed by atoms with Gasteiger partial charge in [0, 0.05) is 12.7 Å². The number of methoxy groups -OCH3 is 2. The maximum atomic E-state index is 15.1. The average molecular weight is 535 g/mol. The molecule has 0 aliphatic heterocycles. The maximum absolute atomic E-state index is 15.1. The summed E-state index contributed by atoms with van der Waals surface area (Å²) in [7, 11) is 3.26. The first-order valence-electron chi connectivity index (χ1n) is 13.6. The van der Waals surface area contributed by atoms with Crippen LogP contribution < -0.4 is 9.47 Å². The fourth-order valence-electron chi connectivity index (χ4n) is 5.30. The normalized spacial score (nSPS) is 15.0. The summed E-state index contributed by atoms with van der Waals surface area (Å²) in [6.45, 7) is 6.73. The van der Waals surface area contributed by atoms with Gasteiger partial charge >= 0.3 is 5.97 Å². The minimum atomic E-state index is -0.777. The Balaban J connectivity index is 1.66. The number of hydrogen-bond acceptors (Lipinski definition) is 4. The van der Waals surface area contributed by atoms with Gasteiger partial charge in [0.1, 0.15) is 23.9 Å². The van der Waals surface area contributed by atoms with E-state index in [4.69, 9.17) is 14.2 Å². The van der Waals surface area contributed by atoms with Gasteiger partial charge in [0.05, 0.1) is 19.6 Å². The second-order valence-electron chi connectivity index (χ2n) is 11.1. The van der Waals surface area contributed by atoms with Crippen LogP contribution in [0.5, 0.6) is 11.5 Å². The lowest BCUT2D eigenvalue weighted by atomic mass is 9.77. The van der Waals surface area contributed by atoms with Crippen molar-refractivity contribution in [2.75, 3.05) is 14.2 Å². The van der Waals surface area contributed by atoms with Crippen molar-refractivity contribution in [1.82, 2.24) is 0 Å². The maximum Gasteiger partial charge on any atom is 0.303 e. The number of ether oxygens (including phenoxy) is 3. The van der Waals surface area contributed by atoms with E-state index in [0.29, 0.717) is 29.6 Å². The van der Waals surface area contributed by atoms with E-state index < -0.39 is 5.97 Å². The zero-order chi connectivity index (χ0) is 28.2. The molecule has 3 aromatic rings. The van der Waals surface area contributed by atoms with Crippen molar-refractivity contribution in [2.45, 2.75) is 65.1 Å². The van der Waals surface area contributed by atoms with Crippen LogP contribution in [0.4, 0.5) is 4.39 Å². The molecule has 0 saturated heterocycles. The number of aliphatic carboxylic acids is 1. The second kappa shape index (κ2) is 12.2. The van der Waals surface area contributed by atoms with Crippen molar-refractivity contribution >= 4 is 5.97 Å². The molecule has 6 heteroatoms. The van der Waals surface area contributed by atoms with Crippen LogP contribution in [0, 0.1) is 17.2 Å². The summed E-state index contributed by atoms with van der Waals surface area (Å²) >= 11 is 0. The second-order valence-corrected chi connectivity index (χ2v) is 11.1. The van der Waals surface area contributed by atoms with E-state index in [-0.39, 0.29) is 29.7 Å². The van der Waals surface area contributed by atoms with Gasteiger partial charge in [-0.25, -0.2) is 4.39 Å². The highest BCUT2D eigenvalue weighted by Crippen LogP contribution is 2.46. The van der Waals surface area contributed by atoms with Crippen molar-refractivity contribution in [1.29, 1.82) is 0 Å². The summed E-state index contributed by atoms with van der Waals surface area (Å²) in [6, 6.07) is 18.4. The van der Waals surface area contributed by atoms with E-state index in [0.717, 1.165) is 41.5 Å². The van der Waals surface area contributed by atoms with Crippen molar-refractivity contribution in [3.05, 3.63) is 83.2 Å². The van der Waals surface area contributed by atoms with Crippen molar-refractivity contribution < 1.29 is 28.5 Å². The zero-order valence-electron chi connectivity index (χ0n) is 23.5. The molecule has 0 aromatic heterocycles. The fourth-order valence-corrected chi connectivity index (χ4v) is 5.30. The average Bonchev–Trinajstić information content (AvgIpc) is 3.77. The molecule has 39 heavy (non-hydrogen) atoms. The highest BCUT2D eigenvalue weighted by Gasteiger charge is 2.34. The first-order chi connectivity index (χ1) is 18.7. The number of carboxylic acids is 1. The van der Waals surface area contributed by atoms with Crippen LogP contribution in [-0.4, -0.2) is 25.3 Å². The number of carbonyl (C=O) groups is 1. The van der Waals surface area contributed by atoms with Gasteiger partial charge < -0.3 is 19.3 Å². The third-order valence-corrected chi connectivity index (χ3v) is 8.00. The van der Waals surface area contributed by atoms with E-state index in [9.17, 15) is 9.90 Å². The molecule has 0 heterocycles. The van der Waals surface area contributed by atoms with Crippen LogP contribution in [0.15, 0.2) is 60.7 Å². The van der Waals surface area contributed by atoms with Crippen LogP contribution in [0.1, 0.15) is 75.2 Å². The van der Waals surface area contributed by atoms with Crippen LogP contribution in [-0.2, 0) is 16.1 Å². The molecule has 0 amide bonds. The smallest absolute Gasteiger partial charge is 0.303 e. The number of halogens is 1. The van der Waals surface area contributed by atoms with Gasteiger partial charge in [0.25, 0.3) is 0 Å². The monoisotopic (exact) mass is 534 g/mol. The summed E-state index contributed by atoms with van der Waals surface area (Å²) in [5.74, 6) is 0.616. The van der Waals surface area contributed by atoms with E-state index in [1.165, 1.54) is 6.07 Å². The molecule has 1 saturated carbocycles. The van der Waals surface area contributed by atoms with Gasteiger partial charge in [-0.3, -0.25) is 4.79 Å². The van der Waals surface area contributed by atoms with E-state index in [1.807, 2.05) is 42.5 Å². The molecule has 0 unspecified atom stereocenters. The molecule has 1 aliphatic rings. The molecule has 0 bridgehead atoms. The lowest BCUT2D eigenvalue weighted by Gasteiger charge is -2.34. The molecule has 4 rings (SSSR count). The third kappa shape index (κ3) is 6.80. The Kier molecular flexibility index (Phi) is 8.96. The number of rotatable bonds is 13. The van der Waals surface area contributed by atoms with Crippen LogP contribution in [0.2, 0.25) is 0 Å². The van der Waals surface area contributed by atoms with Crippen LogP contribution in [0.25, 0.3) is 11.1 Å². The Bertz CT molecular complexity index is 1300. The minimum absolute atomic E-state index is 0.00781. The largest absolute Gasteiger partial charge is 0.497 e. The molecule has 1 fully saturated rings. The minimum Gasteiger partial charge on any atom is -0.497 e. The Morgan fingerprint density at radius 3 is 2.44 bits per heavy atom. The molecule has 0 radical (unpaired) electrons. The van der Waals surface area contributed by atoms with E-state index in [1.54, 1.807) is 26.4 Å². The Morgan fingerprint density at radius 1 is 1.03 bits per heavy atom. The summed E-state index contributed by atoms with van der Waals surface area (Å²) < 4.78 is 32.7.